The third kappa shape index (κ3) is 5.27. The molecule has 0 atom stereocenters. The summed E-state index contributed by atoms with van der Waals surface area (Å²) in [6.45, 7) is 2.48. The Kier molecular flexibility index (Phi) is 7.02. The number of hydrogen-bond acceptors (Lipinski definition) is 6. The summed E-state index contributed by atoms with van der Waals surface area (Å²) in [5.41, 5.74) is 3.90. The molecule has 1 aromatic heterocycles. The van der Waals surface area contributed by atoms with Gasteiger partial charge in [-0.05, 0) is 55.2 Å². The molecule has 0 spiro atoms. The van der Waals surface area contributed by atoms with Crippen molar-refractivity contribution in [1.82, 2.24) is 15.5 Å². The predicted octanol–water partition coefficient (Wildman–Crippen LogP) is 5.02. The SMILES string of the molecule is CC(=O)NC1(c2noc(CCC(=O)Nc3ccc(N4CCc5ccccc54)cc3)n2)CCCCCC1. The van der Waals surface area contributed by atoms with Crippen LogP contribution >= 0.6 is 0 Å². The van der Waals surface area contributed by atoms with Crippen molar-refractivity contribution in [1.29, 1.82) is 0 Å². The van der Waals surface area contributed by atoms with Crippen molar-refractivity contribution in [3.8, 4) is 0 Å². The van der Waals surface area contributed by atoms with Gasteiger partial charge in [0, 0.05) is 43.4 Å². The highest BCUT2D eigenvalue weighted by atomic mass is 16.5. The monoisotopic (exact) mass is 487 g/mol. The molecule has 8 nitrogen and oxygen atoms in total. The summed E-state index contributed by atoms with van der Waals surface area (Å²) in [4.78, 5) is 31.4. The number of para-hydroxylation sites is 1. The minimum atomic E-state index is -0.579. The molecule has 0 unspecified atom stereocenters. The zero-order valence-electron chi connectivity index (χ0n) is 20.8. The minimum Gasteiger partial charge on any atom is -0.343 e. The molecule has 1 fully saturated rings. The molecule has 2 N–H and O–H groups in total. The van der Waals surface area contributed by atoms with E-state index in [2.05, 4.69) is 49.9 Å². The molecule has 2 aliphatic rings. The number of rotatable bonds is 7. The Bertz CT molecular complexity index is 1210. The molecular formula is C28H33N5O3. The quantitative estimate of drug-likeness (QED) is 0.454. The maximum absolute atomic E-state index is 12.6. The van der Waals surface area contributed by atoms with E-state index in [1.807, 2.05) is 24.3 Å². The van der Waals surface area contributed by atoms with Gasteiger partial charge in [0.05, 0.1) is 0 Å². The van der Waals surface area contributed by atoms with E-state index >= 15 is 0 Å². The molecule has 1 saturated carbocycles. The van der Waals surface area contributed by atoms with Crippen LogP contribution in [0.25, 0.3) is 0 Å². The Hall–Kier alpha value is -3.68. The van der Waals surface area contributed by atoms with Crippen LogP contribution in [0.1, 0.15) is 69.1 Å². The van der Waals surface area contributed by atoms with Gasteiger partial charge in [0.15, 0.2) is 5.82 Å². The summed E-state index contributed by atoms with van der Waals surface area (Å²) in [6, 6.07) is 16.4. The molecular weight excluding hydrogens is 454 g/mol. The summed E-state index contributed by atoms with van der Waals surface area (Å²) in [7, 11) is 0. The van der Waals surface area contributed by atoms with Gasteiger partial charge < -0.3 is 20.1 Å². The lowest BCUT2D eigenvalue weighted by Crippen LogP contribution is -2.45. The number of amides is 2. The first-order chi connectivity index (χ1) is 17.5. The van der Waals surface area contributed by atoms with Gasteiger partial charge in [-0.1, -0.05) is 49.0 Å². The number of fused-ring (bicyclic) bond motifs is 1. The molecule has 3 aromatic rings. The molecule has 188 valence electrons. The molecule has 5 rings (SSSR count). The Morgan fingerprint density at radius 2 is 1.78 bits per heavy atom. The Morgan fingerprint density at radius 3 is 2.53 bits per heavy atom. The molecule has 1 aliphatic carbocycles. The first kappa shape index (κ1) is 24.0. The zero-order chi connectivity index (χ0) is 25.0. The van der Waals surface area contributed by atoms with E-state index in [1.165, 1.54) is 18.2 Å². The number of hydrogen-bond donors (Lipinski definition) is 2. The van der Waals surface area contributed by atoms with E-state index in [0.29, 0.717) is 18.1 Å². The van der Waals surface area contributed by atoms with Crippen LogP contribution < -0.4 is 15.5 Å². The molecule has 0 radical (unpaired) electrons. The van der Waals surface area contributed by atoms with E-state index in [9.17, 15) is 9.59 Å². The van der Waals surface area contributed by atoms with Crippen LogP contribution in [0.15, 0.2) is 53.1 Å². The number of aromatic nitrogens is 2. The standard InChI is InChI=1S/C28H33N5O3/c1-20(34)31-28(17-6-2-3-7-18-28)27-30-26(36-32-27)15-14-25(35)29-22-10-12-23(13-11-22)33-19-16-21-8-4-5-9-24(21)33/h4-5,8-13H,2-3,6-7,14-19H2,1H3,(H,29,35)(H,31,34). The Balaban J connectivity index is 1.17. The second kappa shape index (κ2) is 10.5. The number of nitrogens with zero attached hydrogens (tertiary/aromatic N) is 3. The highest BCUT2D eigenvalue weighted by molar-refractivity contribution is 5.91. The second-order valence-corrected chi connectivity index (χ2v) is 9.81. The lowest BCUT2D eigenvalue weighted by atomic mass is 9.89. The van der Waals surface area contributed by atoms with Crippen molar-refractivity contribution in [2.45, 2.75) is 70.3 Å². The fraction of sp³-hybridized carbons (Fsp3) is 0.429. The molecule has 8 heteroatoms. The first-order valence-electron chi connectivity index (χ1n) is 12.9. The topological polar surface area (TPSA) is 100 Å². The number of nitrogens with one attached hydrogen (secondary N) is 2. The van der Waals surface area contributed by atoms with E-state index in [4.69, 9.17) is 4.52 Å². The lowest BCUT2D eigenvalue weighted by Gasteiger charge is -2.30. The molecule has 36 heavy (non-hydrogen) atoms. The van der Waals surface area contributed by atoms with Gasteiger partial charge in [0.1, 0.15) is 5.54 Å². The second-order valence-electron chi connectivity index (χ2n) is 9.81. The van der Waals surface area contributed by atoms with Gasteiger partial charge >= 0.3 is 0 Å². The van der Waals surface area contributed by atoms with Crippen molar-refractivity contribution in [2.75, 3.05) is 16.8 Å². The lowest BCUT2D eigenvalue weighted by molar-refractivity contribution is -0.121. The maximum atomic E-state index is 12.6. The summed E-state index contributed by atoms with van der Waals surface area (Å²) in [5, 5.41) is 10.2. The first-order valence-corrected chi connectivity index (χ1v) is 12.9. The van der Waals surface area contributed by atoms with Crippen LogP contribution in [0.4, 0.5) is 17.1 Å². The Labute approximate surface area is 211 Å². The van der Waals surface area contributed by atoms with Gasteiger partial charge in [-0.15, -0.1) is 0 Å². The largest absolute Gasteiger partial charge is 0.343 e. The van der Waals surface area contributed by atoms with Crippen molar-refractivity contribution in [2.24, 2.45) is 0 Å². The van der Waals surface area contributed by atoms with Crippen molar-refractivity contribution < 1.29 is 14.1 Å². The number of aryl methyl sites for hydroxylation is 1. The van der Waals surface area contributed by atoms with Gasteiger partial charge in [0.2, 0.25) is 17.7 Å². The normalized spacial score (nSPS) is 16.8. The fourth-order valence-corrected chi connectivity index (χ4v) is 5.40. The van der Waals surface area contributed by atoms with E-state index in [-0.39, 0.29) is 18.2 Å². The number of carbonyl (C=O) groups is 2. The summed E-state index contributed by atoms with van der Waals surface area (Å²) in [6.07, 6.45) is 7.50. The molecule has 1 aliphatic heterocycles. The molecule has 0 bridgehead atoms. The average molecular weight is 488 g/mol. The number of anilines is 3. The summed E-state index contributed by atoms with van der Waals surface area (Å²) >= 11 is 0. The average Bonchev–Trinajstić information content (AvgIpc) is 3.46. The van der Waals surface area contributed by atoms with Crippen molar-refractivity contribution >= 4 is 28.9 Å². The van der Waals surface area contributed by atoms with Crippen LogP contribution in [-0.2, 0) is 28.0 Å². The third-order valence-electron chi connectivity index (χ3n) is 7.18. The van der Waals surface area contributed by atoms with Gasteiger partial charge in [-0.3, -0.25) is 9.59 Å². The highest BCUT2D eigenvalue weighted by Gasteiger charge is 2.38. The minimum absolute atomic E-state index is 0.0948. The van der Waals surface area contributed by atoms with E-state index in [1.54, 1.807) is 0 Å². The highest BCUT2D eigenvalue weighted by Crippen LogP contribution is 2.36. The molecule has 2 heterocycles. The van der Waals surface area contributed by atoms with Crippen LogP contribution in [0.3, 0.4) is 0 Å². The molecule has 2 aromatic carbocycles. The molecule has 2 amide bonds. The Morgan fingerprint density at radius 1 is 1.03 bits per heavy atom. The van der Waals surface area contributed by atoms with E-state index in [0.717, 1.165) is 62.9 Å². The van der Waals surface area contributed by atoms with Crippen molar-refractivity contribution in [3.63, 3.8) is 0 Å². The van der Waals surface area contributed by atoms with Gasteiger partial charge in [-0.25, -0.2) is 0 Å². The van der Waals surface area contributed by atoms with Gasteiger partial charge in [-0.2, -0.15) is 4.98 Å². The van der Waals surface area contributed by atoms with Crippen LogP contribution in [-0.4, -0.2) is 28.5 Å². The molecule has 0 saturated heterocycles. The summed E-state index contributed by atoms with van der Waals surface area (Å²) in [5.74, 6) is 0.730. The number of benzene rings is 2. The summed E-state index contributed by atoms with van der Waals surface area (Å²) < 4.78 is 5.47. The van der Waals surface area contributed by atoms with Crippen LogP contribution in [0, 0.1) is 0 Å². The van der Waals surface area contributed by atoms with Crippen LogP contribution in [0.2, 0.25) is 0 Å². The smallest absolute Gasteiger partial charge is 0.227 e. The van der Waals surface area contributed by atoms with E-state index < -0.39 is 5.54 Å². The predicted molar refractivity (Wildman–Crippen MR) is 138 cm³/mol. The van der Waals surface area contributed by atoms with Crippen molar-refractivity contribution in [3.05, 3.63) is 65.8 Å². The maximum Gasteiger partial charge on any atom is 0.227 e. The fourth-order valence-electron chi connectivity index (χ4n) is 5.40. The zero-order valence-corrected chi connectivity index (χ0v) is 20.8. The number of carbonyl (C=O) groups excluding carboxylic acids is 2. The third-order valence-corrected chi connectivity index (χ3v) is 7.18. The van der Waals surface area contributed by atoms with Crippen LogP contribution in [0.5, 0.6) is 0 Å². The van der Waals surface area contributed by atoms with Gasteiger partial charge in [0.25, 0.3) is 0 Å².